The van der Waals surface area contributed by atoms with Crippen molar-refractivity contribution in [2.45, 2.75) is 13.3 Å². The van der Waals surface area contributed by atoms with E-state index in [4.69, 9.17) is 9.72 Å². The first-order chi connectivity index (χ1) is 9.81. The number of aryl methyl sites for hydroxylation is 1. The first-order valence-corrected chi connectivity index (χ1v) is 6.85. The number of methoxy groups -OCH3 is 1. The molecule has 100 valence electrons. The molecule has 2 nitrogen and oxygen atoms in total. The van der Waals surface area contributed by atoms with Crippen LogP contribution >= 0.6 is 0 Å². The number of rotatable bonds is 3. The number of ether oxygens (including phenoxy) is 1. The molecule has 0 N–H and O–H groups in total. The van der Waals surface area contributed by atoms with Crippen molar-refractivity contribution in [3.63, 3.8) is 0 Å². The lowest BCUT2D eigenvalue weighted by atomic mass is 10.0. The molecule has 0 fully saturated rings. The Morgan fingerprint density at radius 3 is 2.50 bits per heavy atom. The number of benzene rings is 2. The van der Waals surface area contributed by atoms with Gasteiger partial charge in [-0.3, -0.25) is 0 Å². The van der Waals surface area contributed by atoms with Crippen molar-refractivity contribution in [3.8, 4) is 17.0 Å². The van der Waals surface area contributed by atoms with E-state index in [1.807, 2.05) is 30.3 Å². The summed E-state index contributed by atoms with van der Waals surface area (Å²) < 4.78 is 5.31. The third-order valence-corrected chi connectivity index (χ3v) is 3.55. The Bertz CT molecular complexity index is 735. The summed E-state index contributed by atoms with van der Waals surface area (Å²) >= 11 is 0. The van der Waals surface area contributed by atoms with Crippen LogP contribution in [0.4, 0.5) is 0 Å². The summed E-state index contributed by atoms with van der Waals surface area (Å²) in [5, 5.41) is 1.17. The van der Waals surface area contributed by atoms with Crippen LogP contribution in [0.3, 0.4) is 0 Å². The highest BCUT2D eigenvalue weighted by molar-refractivity contribution is 5.86. The highest BCUT2D eigenvalue weighted by Crippen LogP contribution is 2.27. The Balaban J connectivity index is 2.22. The van der Waals surface area contributed by atoms with Crippen LogP contribution in [0.15, 0.2) is 54.6 Å². The summed E-state index contributed by atoms with van der Waals surface area (Å²) in [5.41, 5.74) is 4.50. The van der Waals surface area contributed by atoms with Crippen LogP contribution in [0.25, 0.3) is 22.2 Å². The maximum absolute atomic E-state index is 5.31. The van der Waals surface area contributed by atoms with E-state index in [-0.39, 0.29) is 0 Å². The average Bonchev–Trinajstić information content (AvgIpc) is 2.54. The van der Waals surface area contributed by atoms with Gasteiger partial charge in [-0.2, -0.15) is 0 Å². The van der Waals surface area contributed by atoms with E-state index in [9.17, 15) is 0 Å². The maximum atomic E-state index is 5.31. The molecule has 0 aliphatic carbocycles. The highest BCUT2D eigenvalue weighted by atomic mass is 16.5. The van der Waals surface area contributed by atoms with Gasteiger partial charge in [0.05, 0.1) is 18.3 Å². The molecule has 0 amide bonds. The number of hydrogen-bond acceptors (Lipinski definition) is 2. The fraction of sp³-hybridized carbons (Fsp3) is 0.167. The van der Waals surface area contributed by atoms with Crippen molar-refractivity contribution in [3.05, 3.63) is 60.2 Å². The maximum Gasteiger partial charge on any atom is 0.119 e. The third kappa shape index (κ3) is 2.25. The zero-order valence-corrected chi connectivity index (χ0v) is 11.8. The lowest BCUT2D eigenvalue weighted by Crippen LogP contribution is -1.92. The van der Waals surface area contributed by atoms with E-state index >= 15 is 0 Å². The normalized spacial score (nSPS) is 10.7. The lowest BCUT2D eigenvalue weighted by molar-refractivity contribution is 0.415. The molecule has 0 bridgehead atoms. The minimum atomic E-state index is 0.876. The van der Waals surface area contributed by atoms with Gasteiger partial charge < -0.3 is 4.74 Å². The number of hydrogen-bond donors (Lipinski definition) is 0. The van der Waals surface area contributed by atoms with Crippen molar-refractivity contribution in [1.82, 2.24) is 4.98 Å². The molecule has 0 unspecified atom stereocenters. The van der Waals surface area contributed by atoms with Gasteiger partial charge in [-0.1, -0.05) is 37.3 Å². The fourth-order valence-corrected chi connectivity index (χ4v) is 2.45. The Labute approximate surface area is 119 Å². The first-order valence-electron chi connectivity index (χ1n) is 6.85. The number of pyridine rings is 1. The van der Waals surface area contributed by atoms with Gasteiger partial charge in [0.2, 0.25) is 0 Å². The van der Waals surface area contributed by atoms with E-state index in [1.54, 1.807) is 7.11 Å². The van der Waals surface area contributed by atoms with Gasteiger partial charge in [0, 0.05) is 10.9 Å². The van der Waals surface area contributed by atoms with Crippen molar-refractivity contribution < 1.29 is 4.74 Å². The van der Waals surface area contributed by atoms with Gasteiger partial charge in [0.25, 0.3) is 0 Å². The van der Waals surface area contributed by atoms with E-state index in [0.717, 1.165) is 28.9 Å². The third-order valence-electron chi connectivity index (χ3n) is 3.55. The van der Waals surface area contributed by atoms with Crippen molar-refractivity contribution in [1.29, 1.82) is 0 Å². The largest absolute Gasteiger partial charge is 0.497 e. The summed E-state index contributed by atoms with van der Waals surface area (Å²) in [6.07, 6.45) is 0.978. The lowest BCUT2D eigenvalue weighted by Gasteiger charge is -2.10. The average molecular weight is 263 g/mol. The minimum Gasteiger partial charge on any atom is -0.497 e. The monoisotopic (exact) mass is 263 g/mol. The van der Waals surface area contributed by atoms with Gasteiger partial charge in [0.15, 0.2) is 0 Å². The van der Waals surface area contributed by atoms with Crippen molar-refractivity contribution in [2.24, 2.45) is 0 Å². The Kier molecular flexibility index (Phi) is 3.38. The predicted molar refractivity (Wildman–Crippen MR) is 83.1 cm³/mol. The standard InChI is InChI=1S/C18H17NO/c1-3-13-11-18(14-7-5-4-6-8-14)19-17-10-9-15(20-2)12-16(13)17/h4-12H,3H2,1-2H3. The summed E-state index contributed by atoms with van der Waals surface area (Å²) in [4.78, 5) is 4.77. The molecule has 20 heavy (non-hydrogen) atoms. The quantitative estimate of drug-likeness (QED) is 0.695. The predicted octanol–water partition coefficient (Wildman–Crippen LogP) is 4.47. The Morgan fingerprint density at radius 2 is 1.80 bits per heavy atom. The van der Waals surface area contributed by atoms with E-state index in [1.165, 1.54) is 10.9 Å². The molecule has 2 heteroatoms. The second kappa shape index (κ2) is 5.33. The Hall–Kier alpha value is -2.35. The molecule has 1 aromatic heterocycles. The summed E-state index contributed by atoms with van der Waals surface area (Å²) in [6.45, 7) is 2.17. The zero-order chi connectivity index (χ0) is 13.9. The second-order valence-electron chi connectivity index (χ2n) is 4.77. The molecule has 0 spiro atoms. The molecule has 3 rings (SSSR count). The Morgan fingerprint density at radius 1 is 1.00 bits per heavy atom. The van der Waals surface area contributed by atoms with Crippen LogP contribution in [0.1, 0.15) is 12.5 Å². The van der Waals surface area contributed by atoms with E-state index in [0.29, 0.717) is 0 Å². The smallest absolute Gasteiger partial charge is 0.119 e. The van der Waals surface area contributed by atoms with Crippen LogP contribution in [0, 0.1) is 0 Å². The van der Waals surface area contributed by atoms with Crippen molar-refractivity contribution >= 4 is 10.9 Å². The SMILES string of the molecule is CCc1cc(-c2ccccc2)nc2ccc(OC)cc12. The fourth-order valence-electron chi connectivity index (χ4n) is 2.45. The van der Waals surface area contributed by atoms with Crippen LogP contribution in [-0.2, 0) is 6.42 Å². The van der Waals surface area contributed by atoms with Gasteiger partial charge >= 0.3 is 0 Å². The summed E-state index contributed by atoms with van der Waals surface area (Å²) in [5.74, 6) is 0.876. The molecule has 0 atom stereocenters. The van der Waals surface area contributed by atoms with Gasteiger partial charge in [0.1, 0.15) is 5.75 Å². The van der Waals surface area contributed by atoms with Crippen LogP contribution in [0.2, 0.25) is 0 Å². The van der Waals surface area contributed by atoms with Gasteiger partial charge in [-0.15, -0.1) is 0 Å². The van der Waals surface area contributed by atoms with Gasteiger partial charge in [-0.05, 0) is 36.2 Å². The molecule has 0 aliphatic rings. The van der Waals surface area contributed by atoms with E-state index < -0.39 is 0 Å². The zero-order valence-electron chi connectivity index (χ0n) is 11.8. The van der Waals surface area contributed by atoms with Crippen molar-refractivity contribution in [2.75, 3.05) is 7.11 Å². The summed E-state index contributed by atoms with van der Waals surface area (Å²) in [7, 11) is 1.69. The van der Waals surface area contributed by atoms with Crippen LogP contribution in [0.5, 0.6) is 5.75 Å². The van der Waals surface area contributed by atoms with Crippen LogP contribution in [-0.4, -0.2) is 12.1 Å². The molecule has 3 aromatic rings. The molecule has 2 aromatic carbocycles. The first kappa shape index (κ1) is 12.7. The molecule has 0 saturated carbocycles. The number of fused-ring (bicyclic) bond motifs is 1. The topological polar surface area (TPSA) is 22.1 Å². The molecule has 0 radical (unpaired) electrons. The van der Waals surface area contributed by atoms with Gasteiger partial charge in [-0.25, -0.2) is 4.98 Å². The number of aromatic nitrogens is 1. The van der Waals surface area contributed by atoms with E-state index in [2.05, 4.69) is 31.2 Å². The van der Waals surface area contributed by atoms with Crippen LogP contribution < -0.4 is 4.74 Å². The summed E-state index contributed by atoms with van der Waals surface area (Å²) in [6, 6.07) is 18.5. The highest BCUT2D eigenvalue weighted by Gasteiger charge is 2.07. The second-order valence-corrected chi connectivity index (χ2v) is 4.77. The molecule has 1 heterocycles. The minimum absolute atomic E-state index is 0.876. The molecule has 0 aliphatic heterocycles. The molecular weight excluding hydrogens is 246 g/mol. The number of nitrogens with zero attached hydrogens (tertiary/aromatic N) is 1. The molecular formula is C18H17NO. The molecule has 0 saturated heterocycles.